The van der Waals surface area contributed by atoms with E-state index >= 15 is 0 Å². The molecular weight excluding hydrogens is 436 g/mol. The molecule has 2 amide bonds. The quantitative estimate of drug-likeness (QED) is 0.491. The first kappa shape index (κ1) is 21.1. The molecule has 33 heavy (non-hydrogen) atoms. The van der Waals surface area contributed by atoms with E-state index < -0.39 is 10.0 Å². The van der Waals surface area contributed by atoms with E-state index in [2.05, 4.69) is 10.3 Å². The highest BCUT2D eigenvalue weighted by molar-refractivity contribution is 7.89. The molecule has 1 N–H and O–H groups in total. The van der Waals surface area contributed by atoms with Crippen LogP contribution in [0.5, 0.6) is 0 Å². The van der Waals surface area contributed by atoms with Crippen molar-refractivity contribution in [1.82, 2.24) is 9.29 Å². The molecule has 4 aromatic rings. The Kier molecular flexibility index (Phi) is 5.53. The molecular formula is C25H22N4O3S. The SMILES string of the molecule is O=C(Nc1cccnc1)N1CCN(S(=O)(=O)c2cccc3ccccc23)Cc2ccccc21. The van der Waals surface area contributed by atoms with Gasteiger partial charge in [-0.05, 0) is 35.2 Å². The molecule has 1 aromatic heterocycles. The minimum atomic E-state index is -3.80. The third kappa shape index (κ3) is 4.06. The lowest BCUT2D eigenvalue weighted by Crippen LogP contribution is -2.40. The minimum absolute atomic E-state index is 0.167. The third-order valence-corrected chi connectivity index (χ3v) is 7.63. The van der Waals surface area contributed by atoms with Crippen LogP contribution in [0.4, 0.5) is 16.2 Å². The molecule has 3 aromatic carbocycles. The number of carbonyl (C=O) groups is 1. The van der Waals surface area contributed by atoms with Crippen LogP contribution < -0.4 is 10.2 Å². The summed E-state index contributed by atoms with van der Waals surface area (Å²) in [5.74, 6) is 0. The van der Waals surface area contributed by atoms with E-state index in [4.69, 9.17) is 0 Å². The van der Waals surface area contributed by atoms with Crippen molar-refractivity contribution < 1.29 is 13.2 Å². The van der Waals surface area contributed by atoms with Crippen molar-refractivity contribution in [3.63, 3.8) is 0 Å². The summed E-state index contributed by atoms with van der Waals surface area (Å²) in [5.41, 5.74) is 2.03. The molecule has 0 atom stereocenters. The van der Waals surface area contributed by atoms with Gasteiger partial charge in [-0.25, -0.2) is 13.2 Å². The zero-order valence-electron chi connectivity index (χ0n) is 17.8. The number of rotatable bonds is 3. The van der Waals surface area contributed by atoms with E-state index in [9.17, 15) is 13.2 Å². The van der Waals surface area contributed by atoms with Crippen LogP contribution >= 0.6 is 0 Å². The van der Waals surface area contributed by atoms with Gasteiger partial charge in [0.2, 0.25) is 10.0 Å². The molecule has 1 aliphatic heterocycles. The van der Waals surface area contributed by atoms with Crippen molar-refractivity contribution >= 4 is 38.2 Å². The number of anilines is 2. The lowest BCUT2D eigenvalue weighted by Gasteiger charge is -2.23. The zero-order chi connectivity index (χ0) is 22.8. The number of urea groups is 1. The smallest absolute Gasteiger partial charge is 0.306 e. The van der Waals surface area contributed by atoms with E-state index in [1.54, 1.807) is 41.6 Å². The maximum Gasteiger partial charge on any atom is 0.326 e. The number of pyridine rings is 1. The number of nitrogens with zero attached hydrogens (tertiary/aromatic N) is 3. The number of hydrogen-bond donors (Lipinski definition) is 1. The molecule has 5 rings (SSSR count). The average Bonchev–Trinajstić information content (AvgIpc) is 3.05. The van der Waals surface area contributed by atoms with Gasteiger partial charge in [-0.1, -0.05) is 54.6 Å². The number of carbonyl (C=O) groups excluding carboxylic acids is 1. The highest BCUT2D eigenvalue weighted by atomic mass is 32.2. The molecule has 0 unspecified atom stereocenters. The number of para-hydroxylation sites is 1. The molecule has 0 radical (unpaired) electrons. The maximum absolute atomic E-state index is 13.7. The highest BCUT2D eigenvalue weighted by Gasteiger charge is 2.32. The molecule has 0 saturated carbocycles. The van der Waals surface area contributed by atoms with Crippen molar-refractivity contribution in [2.45, 2.75) is 11.4 Å². The summed E-state index contributed by atoms with van der Waals surface area (Å²) in [5, 5.41) is 4.40. The topological polar surface area (TPSA) is 82.6 Å². The lowest BCUT2D eigenvalue weighted by atomic mass is 10.1. The van der Waals surface area contributed by atoms with Crippen LogP contribution in [0.2, 0.25) is 0 Å². The second kappa shape index (κ2) is 8.65. The van der Waals surface area contributed by atoms with Crippen molar-refractivity contribution in [2.24, 2.45) is 0 Å². The van der Waals surface area contributed by atoms with Gasteiger partial charge in [0.25, 0.3) is 0 Å². The molecule has 166 valence electrons. The van der Waals surface area contributed by atoms with Crippen LogP contribution in [-0.4, -0.2) is 36.8 Å². The number of benzene rings is 3. The van der Waals surface area contributed by atoms with E-state index in [0.29, 0.717) is 16.8 Å². The van der Waals surface area contributed by atoms with Crippen LogP contribution in [-0.2, 0) is 16.6 Å². The Morgan fingerprint density at radius 1 is 0.879 bits per heavy atom. The molecule has 7 nitrogen and oxygen atoms in total. The molecule has 2 heterocycles. The number of hydrogen-bond acceptors (Lipinski definition) is 4. The third-order valence-electron chi connectivity index (χ3n) is 5.73. The van der Waals surface area contributed by atoms with Crippen molar-refractivity contribution in [3.8, 4) is 0 Å². The van der Waals surface area contributed by atoms with E-state index in [1.807, 2.05) is 54.6 Å². The first-order valence-electron chi connectivity index (χ1n) is 10.6. The van der Waals surface area contributed by atoms with Crippen LogP contribution in [0.3, 0.4) is 0 Å². The molecule has 0 saturated heterocycles. The standard InChI is InChI=1S/C25H22N4O3S/c30-25(27-21-10-6-14-26-17-21)29-16-15-28(18-20-8-2-4-12-23(20)29)33(31,32)24-13-5-9-19-7-1-3-11-22(19)24/h1-14,17H,15-16,18H2,(H,27,30). The average molecular weight is 459 g/mol. The Hall–Kier alpha value is -3.75. The lowest BCUT2D eigenvalue weighted by molar-refractivity contribution is 0.256. The summed E-state index contributed by atoms with van der Waals surface area (Å²) in [7, 11) is -3.80. The summed E-state index contributed by atoms with van der Waals surface area (Å²) in [4.78, 5) is 19.0. The van der Waals surface area contributed by atoms with Crippen molar-refractivity contribution in [2.75, 3.05) is 23.3 Å². The Morgan fingerprint density at radius 2 is 1.67 bits per heavy atom. The van der Waals surface area contributed by atoms with E-state index in [0.717, 1.165) is 10.9 Å². The van der Waals surface area contributed by atoms with E-state index in [1.165, 1.54) is 4.31 Å². The molecule has 8 heteroatoms. The number of sulfonamides is 1. The molecule has 1 aliphatic rings. The minimum Gasteiger partial charge on any atom is -0.306 e. The van der Waals surface area contributed by atoms with Gasteiger partial charge in [0, 0.05) is 36.9 Å². The summed E-state index contributed by atoms with van der Waals surface area (Å²) in [6, 6.07) is 23.3. The predicted molar refractivity (Wildman–Crippen MR) is 129 cm³/mol. The number of amides is 2. The van der Waals surface area contributed by atoms with Gasteiger partial charge in [0.05, 0.1) is 16.8 Å². The van der Waals surface area contributed by atoms with Crippen LogP contribution in [0.25, 0.3) is 10.8 Å². The largest absolute Gasteiger partial charge is 0.326 e. The number of fused-ring (bicyclic) bond motifs is 2. The van der Waals surface area contributed by atoms with Gasteiger partial charge in [-0.3, -0.25) is 9.88 Å². The maximum atomic E-state index is 13.7. The van der Waals surface area contributed by atoms with Crippen LogP contribution in [0, 0.1) is 0 Å². The first-order valence-corrected chi connectivity index (χ1v) is 12.0. The first-order chi connectivity index (χ1) is 16.0. The number of aromatic nitrogens is 1. The van der Waals surface area contributed by atoms with Gasteiger partial charge in [-0.2, -0.15) is 4.31 Å². The van der Waals surface area contributed by atoms with Gasteiger partial charge in [0.1, 0.15) is 0 Å². The highest BCUT2D eigenvalue weighted by Crippen LogP contribution is 2.31. The molecule has 0 fully saturated rings. The Morgan fingerprint density at radius 3 is 2.52 bits per heavy atom. The van der Waals surface area contributed by atoms with Crippen molar-refractivity contribution in [3.05, 3.63) is 96.8 Å². The summed E-state index contributed by atoms with van der Waals surface area (Å²) < 4.78 is 28.9. The van der Waals surface area contributed by atoms with Crippen molar-refractivity contribution in [1.29, 1.82) is 0 Å². The normalized spacial score (nSPS) is 14.5. The molecule has 0 spiro atoms. The predicted octanol–water partition coefficient (Wildman–Crippen LogP) is 4.48. The fraction of sp³-hybridized carbons (Fsp3) is 0.120. The fourth-order valence-corrected chi connectivity index (χ4v) is 5.74. The van der Waals surface area contributed by atoms with Gasteiger partial charge >= 0.3 is 6.03 Å². The Balaban J connectivity index is 1.50. The van der Waals surface area contributed by atoms with E-state index in [-0.39, 0.29) is 30.6 Å². The van der Waals surface area contributed by atoms with Gasteiger partial charge < -0.3 is 5.32 Å². The Labute approximate surface area is 192 Å². The van der Waals surface area contributed by atoms with Crippen LogP contribution in [0.1, 0.15) is 5.56 Å². The van der Waals surface area contributed by atoms with Gasteiger partial charge in [-0.15, -0.1) is 0 Å². The monoisotopic (exact) mass is 458 g/mol. The Bertz CT molecular complexity index is 1420. The fourth-order valence-electron chi connectivity index (χ4n) is 4.11. The molecule has 0 bridgehead atoms. The summed E-state index contributed by atoms with van der Waals surface area (Å²) in [6.07, 6.45) is 3.20. The number of nitrogens with one attached hydrogen (secondary N) is 1. The van der Waals surface area contributed by atoms with Gasteiger partial charge in [0.15, 0.2) is 0 Å². The summed E-state index contributed by atoms with van der Waals surface area (Å²) >= 11 is 0. The second-order valence-corrected chi connectivity index (χ2v) is 9.67. The zero-order valence-corrected chi connectivity index (χ0v) is 18.6. The summed E-state index contributed by atoms with van der Waals surface area (Å²) in [6.45, 7) is 0.562. The van der Waals surface area contributed by atoms with Crippen LogP contribution in [0.15, 0.2) is 96.2 Å². The second-order valence-electron chi connectivity index (χ2n) is 7.77. The molecule has 0 aliphatic carbocycles.